The van der Waals surface area contributed by atoms with Crippen molar-refractivity contribution in [1.29, 1.82) is 0 Å². The topological polar surface area (TPSA) is 176 Å². The number of H-pyrrole nitrogens is 1. The molecule has 8 rings (SSSR count). The van der Waals surface area contributed by atoms with Crippen LogP contribution in [0.25, 0.3) is 10.9 Å². The van der Waals surface area contributed by atoms with E-state index in [-0.39, 0.29) is 54.4 Å². The lowest BCUT2D eigenvalue weighted by atomic mass is 9.72. The Balaban J connectivity index is 1.26. The van der Waals surface area contributed by atoms with Crippen LogP contribution in [0.5, 0.6) is 5.75 Å². The molecule has 1 spiro atoms. The van der Waals surface area contributed by atoms with E-state index in [0.717, 1.165) is 27.7 Å². The largest absolute Gasteiger partial charge is 0.469 e. The lowest BCUT2D eigenvalue weighted by Crippen LogP contribution is -2.42. The summed E-state index contributed by atoms with van der Waals surface area (Å²) in [4.78, 5) is 63.1. The number of nitrogens with one attached hydrogen (secondary N) is 4. The van der Waals surface area contributed by atoms with E-state index in [9.17, 15) is 24.3 Å². The molecule has 4 bridgehead atoms. The number of carbonyl (C=O) groups excluding carboxylic acids is 4. The number of benzene rings is 3. The van der Waals surface area contributed by atoms with Gasteiger partial charge < -0.3 is 35.2 Å². The molecular weight excluding hydrogens is 674 g/mol. The Morgan fingerprint density at radius 3 is 2.57 bits per heavy atom. The third-order valence-corrected chi connectivity index (χ3v) is 10.8. The Morgan fingerprint density at radius 1 is 1.00 bits per heavy atom. The molecule has 5 N–H and O–H groups in total. The van der Waals surface area contributed by atoms with Crippen LogP contribution < -0.4 is 20.7 Å². The predicted molar refractivity (Wildman–Crippen MR) is 196 cm³/mol. The quantitative estimate of drug-likeness (QED) is 0.128. The first-order valence-corrected chi connectivity index (χ1v) is 18.0. The maximum Gasteiger partial charge on any atom is 0.273 e. The van der Waals surface area contributed by atoms with Gasteiger partial charge in [-0.15, -0.1) is 0 Å². The molecule has 0 aliphatic carbocycles. The number of nitrogens with zero attached hydrogens (tertiary/aromatic N) is 1. The number of fused-ring (bicyclic) bond motifs is 5. The van der Waals surface area contributed by atoms with Crippen LogP contribution in [0, 0.1) is 17.8 Å². The van der Waals surface area contributed by atoms with Crippen LogP contribution in [0.1, 0.15) is 89.3 Å². The van der Waals surface area contributed by atoms with Gasteiger partial charge >= 0.3 is 0 Å². The Labute approximate surface area is 305 Å². The van der Waals surface area contributed by atoms with Crippen molar-refractivity contribution in [3.8, 4) is 5.75 Å². The third kappa shape index (κ3) is 5.59. The summed E-state index contributed by atoms with van der Waals surface area (Å²) in [5.41, 5.74) is 3.10. The Kier molecular flexibility index (Phi) is 8.44. The van der Waals surface area contributed by atoms with Crippen LogP contribution in [0.2, 0.25) is 0 Å². The van der Waals surface area contributed by atoms with Gasteiger partial charge in [-0.05, 0) is 47.6 Å². The number of rotatable bonds is 9. The summed E-state index contributed by atoms with van der Waals surface area (Å²) in [5, 5.41) is 20.7. The Bertz CT molecular complexity index is 2290. The van der Waals surface area contributed by atoms with Gasteiger partial charge in [0.25, 0.3) is 5.91 Å². The highest BCUT2D eigenvalue weighted by molar-refractivity contribution is 6.10. The summed E-state index contributed by atoms with van der Waals surface area (Å²) in [7, 11) is 0. The van der Waals surface area contributed by atoms with Crippen molar-refractivity contribution in [3.05, 3.63) is 113 Å². The molecule has 3 aliphatic rings. The number of para-hydroxylation sites is 2. The van der Waals surface area contributed by atoms with Crippen molar-refractivity contribution in [2.24, 2.45) is 17.8 Å². The number of oxazole rings is 1. The van der Waals surface area contributed by atoms with E-state index in [1.54, 1.807) is 20.0 Å². The number of hydrogen-bond acceptors (Lipinski definition) is 9. The number of aliphatic hydroxyl groups is 1. The average molecular weight is 716 g/mol. The highest BCUT2D eigenvalue weighted by Gasteiger charge is 2.61. The van der Waals surface area contributed by atoms with Gasteiger partial charge in [-0.25, -0.2) is 4.98 Å². The van der Waals surface area contributed by atoms with Crippen molar-refractivity contribution in [3.63, 3.8) is 0 Å². The number of hydrogen-bond donors (Lipinski definition) is 5. The van der Waals surface area contributed by atoms with Crippen molar-refractivity contribution in [2.45, 2.75) is 64.3 Å². The lowest BCUT2D eigenvalue weighted by molar-refractivity contribution is -0.135. The van der Waals surface area contributed by atoms with Crippen molar-refractivity contribution in [1.82, 2.24) is 20.6 Å². The van der Waals surface area contributed by atoms with Gasteiger partial charge in [-0.1, -0.05) is 76.2 Å². The molecular formula is C41H41N5O7. The van der Waals surface area contributed by atoms with Gasteiger partial charge in [0.05, 0.1) is 6.54 Å². The predicted octanol–water partition coefficient (Wildman–Crippen LogP) is 5.21. The van der Waals surface area contributed by atoms with Crippen molar-refractivity contribution in [2.75, 3.05) is 11.9 Å². The van der Waals surface area contributed by atoms with E-state index >= 15 is 0 Å². The van der Waals surface area contributed by atoms with Crippen molar-refractivity contribution < 1.29 is 33.4 Å². The van der Waals surface area contributed by atoms with Gasteiger partial charge in [0.1, 0.15) is 23.3 Å². The SMILES string of the molecule is CC(C)[C@H](O)C(=O)CC1Cc2ccc3c(c2)C2(c4ccccc4N[C@H]2O3)c2oc(nc2C(=O)NCC(=O)c2c[nH]c3ccccc23)[C@H](C(C)C)NC1=O. The van der Waals surface area contributed by atoms with Crippen LogP contribution in [0.3, 0.4) is 0 Å². The maximum atomic E-state index is 14.4. The fourth-order valence-electron chi connectivity index (χ4n) is 7.95. The summed E-state index contributed by atoms with van der Waals surface area (Å²) in [6.45, 7) is 7.02. The molecule has 5 heterocycles. The highest BCUT2D eigenvalue weighted by atomic mass is 16.5. The molecule has 2 unspecified atom stereocenters. The average Bonchev–Trinajstić information content (AvgIpc) is 3.91. The maximum absolute atomic E-state index is 14.4. The lowest BCUT2D eigenvalue weighted by Gasteiger charge is -2.28. The summed E-state index contributed by atoms with van der Waals surface area (Å²) < 4.78 is 13.3. The first-order chi connectivity index (χ1) is 25.5. The fraction of sp³-hybridized carbons (Fsp3) is 0.341. The Morgan fingerprint density at radius 2 is 1.77 bits per heavy atom. The summed E-state index contributed by atoms with van der Waals surface area (Å²) in [6, 6.07) is 20.0. The molecule has 3 aromatic carbocycles. The van der Waals surface area contributed by atoms with E-state index in [1.807, 2.05) is 80.6 Å². The van der Waals surface area contributed by atoms with E-state index in [4.69, 9.17) is 14.1 Å². The highest BCUT2D eigenvalue weighted by Crippen LogP contribution is 2.58. The molecule has 2 amide bonds. The van der Waals surface area contributed by atoms with E-state index in [1.165, 1.54) is 0 Å². The molecule has 12 nitrogen and oxygen atoms in total. The normalized spacial score (nSPS) is 21.9. The van der Waals surface area contributed by atoms with Gasteiger partial charge in [0, 0.05) is 46.3 Å². The first kappa shape index (κ1) is 34.3. The third-order valence-electron chi connectivity index (χ3n) is 10.8. The molecule has 0 fully saturated rings. The second kappa shape index (κ2) is 13.0. The van der Waals surface area contributed by atoms with Crippen LogP contribution in [0.15, 0.2) is 77.3 Å². The number of amides is 2. The first-order valence-electron chi connectivity index (χ1n) is 18.0. The number of carbonyl (C=O) groups is 4. The second-order valence-electron chi connectivity index (χ2n) is 14.9. The monoisotopic (exact) mass is 715 g/mol. The molecule has 3 aliphatic heterocycles. The summed E-state index contributed by atoms with van der Waals surface area (Å²) in [6.07, 6.45) is -0.251. The molecule has 5 atom stereocenters. The molecule has 0 saturated heterocycles. The fourth-order valence-corrected chi connectivity index (χ4v) is 7.95. The molecule has 12 heteroatoms. The van der Waals surface area contributed by atoms with E-state index in [2.05, 4.69) is 20.9 Å². The zero-order valence-corrected chi connectivity index (χ0v) is 29.9. The van der Waals surface area contributed by atoms with Crippen LogP contribution in [0.4, 0.5) is 5.69 Å². The van der Waals surface area contributed by atoms with Crippen LogP contribution in [-0.4, -0.2) is 57.3 Å². The smallest absolute Gasteiger partial charge is 0.273 e. The second-order valence-corrected chi connectivity index (χ2v) is 14.9. The zero-order valence-electron chi connectivity index (χ0n) is 29.9. The minimum atomic E-state index is -1.21. The number of aromatic amines is 1. The molecule has 2 aromatic heterocycles. The van der Waals surface area contributed by atoms with E-state index < -0.39 is 47.3 Å². The molecule has 0 radical (unpaired) electrons. The minimum absolute atomic E-state index is 0.0389. The summed E-state index contributed by atoms with van der Waals surface area (Å²) >= 11 is 0. The number of aliphatic hydroxyl groups excluding tert-OH is 1. The van der Waals surface area contributed by atoms with Crippen LogP contribution in [-0.2, 0) is 21.4 Å². The minimum Gasteiger partial charge on any atom is -0.469 e. The number of anilines is 1. The number of ether oxygens (including phenoxy) is 1. The van der Waals surface area contributed by atoms with Crippen molar-refractivity contribution >= 4 is 40.0 Å². The number of ketones is 2. The van der Waals surface area contributed by atoms with Gasteiger partial charge in [-0.3, -0.25) is 19.2 Å². The standard InChI is InChI=1S/C41H41N5O7/c1-20(2)33-39-46-34(38(51)43-19-31(48)25-18-42-28-11-7-5-9-24(25)28)36(53-39)41-26-10-6-8-12-29(26)44-40(41)52-32-14-13-22(16-27(32)41)15-23(37(50)45-33)17-30(47)35(49)21(3)4/h5-14,16,18,20-21,23,33,35,40,42,44,49H,15,17,19H2,1-4H3,(H,43,51)(H,45,50)/t23?,33-,35-,40-,41?/m0/s1. The molecule has 53 heavy (non-hydrogen) atoms. The van der Waals surface area contributed by atoms with Gasteiger partial charge in [-0.2, -0.15) is 0 Å². The zero-order chi connectivity index (χ0) is 37.2. The molecule has 5 aromatic rings. The van der Waals surface area contributed by atoms with E-state index in [0.29, 0.717) is 16.9 Å². The number of aromatic nitrogens is 2. The van der Waals surface area contributed by atoms with Crippen LogP contribution >= 0.6 is 0 Å². The number of Topliss-reactive ketones (excluding diaryl/α,β-unsaturated/α-hetero) is 2. The van der Waals surface area contributed by atoms with Gasteiger partial charge in [0.15, 0.2) is 29.2 Å². The Hall–Kier alpha value is -5.75. The summed E-state index contributed by atoms with van der Waals surface area (Å²) in [5.74, 6) is -2.22. The molecule has 272 valence electrons. The van der Waals surface area contributed by atoms with Gasteiger partial charge in [0.2, 0.25) is 11.8 Å². The molecule has 0 saturated carbocycles.